The van der Waals surface area contributed by atoms with Crippen LogP contribution < -0.4 is 0 Å². The van der Waals surface area contributed by atoms with Crippen LogP contribution in [-0.2, 0) is 41.2 Å². The lowest BCUT2D eigenvalue weighted by atomic mass is 9.95. The predicted octanol–water partition coefficient (Wildman–Crippen LogP) is -0.287. The Bertz CT molecular complexity index is 636. The molecule has 168 valence electrons. The molecule has 4 atom stereocenters. The second-order valence-corrected chi connectivity index (χ2v) is 10.7. The van der Waals surface area contributed by atoms with Crippen LogP contribution in [0.4, 0.5) is 0 Å². The Labute approximate surface area is 168 Å². The summed E-state index contributed by atoms with van der Waals surface area (Å²) in [5, 5.41) is 0. The van der Waals surface area contributed by atoms with Gasteiger partial charge in [0, 0.05) is 26.0 Å². The van der Waals surface area contributed by atoms with Crippen LogP contribution in [-0.4, -0.2) is 83.2 Å². The van der Waals surface area contributed by atoms with Crippen LogP contribution in [0.2, 0.25) is 0 Å². The molecular formula is C11H23BO14P3+. The monoisotopic (exact) mass is 483 g/mol. The number of rotatable bonds is 10. The molecular weight excluding hydrogens is 460 g/mol. The van der Waals surface area contributed by atoms with E-state index < -0.39 is 54.4 Å². The largest absolute Gasteiger partial charge is 0.591 e. The molecule has 18 heteroatoms. The first kappa shape index (κ1) is 25.7. The normalized spacial score (nSPS) is 30.2. The molecule has 5 N–H and O–H groups in total. The maximum atomic E-state index is 11.9. The van der Waals surface area contributed by atoms with Crippen LogP contribution in [0.15, 0.2) is 0 Å². The van der Waals surface area contributed by atoms with Crippen molar-refractivity contribution in [1.29, 1.82) is 0 Å². The van der Waals surface area contributed by atoms with Crippen molar-refractivity contribution in [2.24, 2.45) is 0 Å². The van der Waals surface area contributed by atoms with Crippen molar-refractivity contribution in [3.63, 3.8) is 0 Å². The summed E-state index contributed by atoms with van der Waals surface area (Å²) in [7, 11) is -8.76. The summed E-state index contributed by atoms with van der Waals surface area (Å²) in [5.41, 5.74) is 0. The molecule has 0 aliphatic carbocycles. The van der Waals surface area contributed by atoms with E-state index in [1.165, 1.54) is 7.11 Å². The molecule has 0 amide bonds. The lowest BCUT2D eigenvalue weighted by Crippen LogP contribution is -2.46. The summed E-state index contributed by atoms with van der Waals surface area (Å²) >= 11 is 0. The standard InChI is InChI=1S/C11H22BO14P3/c1-20-11(2-4-21-5-3-11)24-8-6-10(12)23-9(8)7-22-28(16,17)26-29(18,19)25-27(13,14)15/h8-10,18-19H,2-7H2,1H3,(H2-,13,14,15,16,17)/p+1. The average molecular weight is 483 g/mol. The molecule has 0 aromatic carbocycles. The first-order valence-electron chi connectivity index (χ1n) is 8.27. The third-order valence-electron chi connectivity index (χ3n) is 4.05. The van der Waals surface area contributed by atoms with Crippen LogP contribution in [0.3, 0.4) is 0 Å². The molecule has 0 saturated carbocycles. The molecule has 0 aromatic rings. The lowest BCUT2D eigenvalue weighted by molar-refractivity contribution is -0.281. The zero-order chi connectivity index (χ0) is 21.9. The number of methoxy groups -OCH3 is 1. The van der Waals surface area contributed by atoms with E-state index in [-0.39, 0.29) is 6.42 Å². The number of phosphoric ester groups is 1. The van der Waals surface area contributed by atoms with Gasteiger partial charge in [-0.3, -0.25) is 4.52 Å². The van der Waals surface area contributed by atoms with E-state index in [2.05, 4.69) is 13.1 Å². The molecule has 4 unspecified atom stereocenters. The Kier molecular flexibility index (Phi) is 8.83. The Morgan fingerprint density at radius 1 is 1.17 bits per heavy atom. The van der Waals surface area contributed by atoms with Gasteiger partial charge in [-0.25, -0.2) is 9.13 Å². The quantitative estimate of drug-likeness (QED) is 0.154. The molecule has 2 radical (unpaired) electrons. The Hall–Kier alpha value is 0.475. The van der Waals surface area contributed by atoms with Gasteiger partial charge in [-0.2, -0.15) is 9.79 Å². The minimum absolute atomic E-state index is 0.217. The van der Waals surface area contributed by atoms with Gasteiger partial charge < -0.3 is 33.6 Å². The van der Waals surface area contributed by atoms with Crippen molar-refractivity contribution in [2.45, 2.75) is 43.3 Å². The van der Waals surface area contributed by atoms with E-state index in [1.54, 1.807) is 0 Å². The van der Waals surface area contributed by atoms with Gasteiger partial charge in [0.2, 0.25) is 0 Å². The van der Waals surface area contributed by atoms with Gasteiger partial charge >= 0.3 is 23.8 Å². The van der Waals surface area contributed by atoms with E-state index in [4.69, 9.17) is 36.6 Å². The van der Waals surface area contributed by atoms with E-state index in [1.807, 2.05) is 0 Å². The molecule has 0 bridgehead atoms. The van der Waals surface area contributed by atoms with Gasteiger partial charge in [0.15, 0.2) is 5.79 Å². The summed E-state index contributed by atoms with van der Waals surface area (Å²) in [6, 6.07) is -0.762. The van der Waals surface area contributed by atoms with Crippen molar-refractivity contribution in [3.8, 4) is 0 Å². The summed E-state index contributed by atoms with van der Waals surface area (Å²) in [5.74, 6) is -0.956. The van der Waals surface area contributed by atoms with Crippen LogP contribution >= 0.6 is 23.8 Å². The Morgan fingerprint density at radius 3 is 2.34 bits per heavy atom. The summed E-state index contributed by atoms with van der Waals surface area (Å²) < 4.78 is 56.8. The van der Waals surface area contributed by atoms with Crippen LogP contribution in [0.5, 0.6) is 0 Å². The van der Waals surface area contributed by atoms with E-state index >= 15 is 0 Å². The van der Waals surface area contributed by atoms with Gasteiger partial charge in [0.1, 0.15) is 14.0 Å². The molecule has 0 aromatic heterocycles. The molecule has 29 heavy (non-hydrogen) atoms. The first-order chi connectivity index (χ1) is 13.2. The highest BCUT2D eigenvalue weighted by Gasteiger charge is 2.55. The summed E-state index contributed by atoms with van der Waals surface area (Å²) in [6.07, 6.45) is -0.554. The van der Waals surface area contributed by atoms with E-state index in [0.29, 0.717) is 26.1 Å². The highest BCUT2D eigenvalue weighted by Crippen LogP contribution is 2.71. The third-order valence-corrected chi connectivity index (χ3v) is 7.90. The second kappa shape index (κ2) is 9.95. The fourth-order valence-corrected chi connectivity index (χ4v) is 5.92. The van der Waals surface area contributed by atoms with Gasteiger partial charge in [-0.1, -0.05) is 0 Å². The highest BCUT2D eigenvalue weighted by atomic mass is 31.3. The molecule has 2 aliphatic rings. The van der Waals surface area contributed by atoms with Crippen LogP contribution in [0, 0.1) is 0 Å². The fraction of sp³-hybridized carbons (Fsp3) is 1.00. The predicted molar refractivity (Wildman–Crippen MR) is 95.0 cm³/mol. The Morgan fingerprint density at radius 2 is 1.79 bits per heavy atom. The van der Waals surface area contributed by atoms with Crippen LogP contribution in [0.1, 0.15) is 19.3 Å². The van der Waals surface area contributed by atoms with Crippen molar-refractivity contribution in [3.05, 3.63) is 0 Å². The van der Waals surface area contributed by atoms with Crippen molar-refractivity contribution >= 4 is 31.7 Å². The van der Waals surface area contributed by atoms with E-state index in [0.717, 1.165) is 0 Å². The number of hydrogen-bond acceptors (Lipinski definition) is 11. The van der Waals surface area contributed by atoms with Gasteiger partial charge in [-0.15, -0.1) is 0 Å². The fourth-order valence-electron chi connectivity index (χ4n) is 2.83. The number of phosphoric acid groups is 2. The topological polar surface area (TPSA) is 200 Å². The van der Waals surface area contributed by atoms with E-state index in [9.17, 15) is 23.8 Å². The highest BCUT2D eigenvalue weighted by molar-refractivity contribution is 7.70. The minimum Gasteiger partial charge on any atom is -0.381 e. The molecule has 2 saturated heterocycles. The smallest absolute Gasteiger partial charge is 0.381 e. The maximum Gasteiger partial charge on any atom is 0.591 e. The summed E-state index contributed by atoms with van der Waals surface area (Å²) in [4.78, 5) is 45.2. The van der Waals surface area contributed by atoms with Crippen molar-refractivity contribution in [1.82, 2.24) is 0 Å². The molecule has 0 spiro atoms. The third kappa shape index (κ3) is 8.49. The van der Waals surface area contributed by atoms with Gasteiger partial charge in [0.25, 0.3) is 0 Å². The average Bonchev–Trinajstić information content (AvgIpc) is 2.90. The molecule has 2 heterocycles. The molecule has 2 fully saturated rings. The molecule has 2 aliphatic heterocycles. The van der Waals surface area contributed by atoms with Gasteiger partial charge in [0.05, 0.1) is 25.9 Å². The van der Waals surface area contributed by atoms with Crippen LogP contribution in [0.25, 0.3) is 0 Å². The van der Waals surface area contributed by atoms with Crippen molar-refractivity contribution in [2.75, 3.05) is 26.9 Å². The first-order valence-corrected chi connectivity index (χ1v) is 12.8. The molecule has 14 nitrogen and oxygen atoms in total. The lowest BCUT2D eigenvalue weighted by Gasteiger charge is -2.38. The van der Waals surface area contributed by atoms with Crippen molar-refractivity contribution < 1.29 is 65.7 Å². The Balaban J connectivity index is 1.96. The van der Waals surface area contributed by atoms with Gasteiger partial charge in [-0.05, 0) is 15.0 Å². The minimum atomic E-state index is -5.41. The number of hydrogen-bond donors (Lipinski definition) is 5. The SMILES string of the molecule is [B]C1CC(OC2(OC)CCOCC2)C(COP(=O)(O)O[P+](O)(O)OP(=O)(O)O)O1. The zero-order valence-electron chi connectivity index (χ0n) is 15.3. The number of ether oxygens (including phenoxy) is 4. The second-order valence-electron chi connectivity index (χ2n) is 6.24. The zero-order valence-corrected chi connectivity index (χ0v) is 18.0. The summed E-state index contributed by atoms with van der Waals surface area (Å²) in [6.45, 7) is 0.192. The maximum absolute atomic E-state index is 11.9. The molecule has 2 rings (SSSR count).